The Morgan fingerprint density at radius 1 is 1.25 bits per heavy atom. The first-order valence-corrected chi connectivity index (χ1v) is 4.58. The lowest BCUT2D eigenvalue weighted by atomic mass is 10.1. The molecule has 0 fully saturated rings. The van der Waals surface area contributed by atoms with E-state index in [9.17, 15) is 0 Å². The van der Waals surface area contributed by atoms with E-state index in [1.54, 1.807) is 0 Å². The molecule has 0 aromatic heterocycles. The third-order valence-electron chi connectivity index (χ3n) is 1.77. The zero-order valence-corrected chi connectivity index (χ0v) is 8.28. The molecule has 0 aromatic rings. The van der Waals surface area contributed by atoms with Crippen LogP contribution in [-0.2, 0) is 0 Å². The van der Waals surface area contributed by atoms with Gasteiger partial charge >= 0.3 is 0 Å². The van der Waals surface area contributed by atoms with Gasteiger partial charge in [0.05, 0.1) is 0 Å². The van der Waals surface area contributed by atoms with Crippen LogP contribution in [-0.4, -0.2) is 12.0 Å². The SMILES string of the molecule is CC(C)CC1N=NC(C(C)C)=N1. The minimum Gasteiger partial charge on any atom is -0.239 e. The average molecular weight is 167 g/mol. The fourth-order valence-electron chi connectivity index (χ4n) is 1.12. The second-order valence-electron chi connectivity index (χ2n) is 3.97. The van der Waals surface area contributed by atoms with Gasteiger partial charge in [-0.15, -0.1) is 5.11 Å². The Labute approximate surface area is 74.0 Å². The van der Waals surface area contributed by atoms with Gasteiger partial charge in [-0.05, 0) is 12.3 Å². The quantitative estimate of drug-likeness (QED) is 0.620. The van der Waals surface area contributed by atoms with Crippen LogP contribution < -0.4 is 0 Å². The summed E-state index contributed by atoms with van der Waals surface area (Å²) in [5, 5.41) is 8.14. The molecule has 0 amide bonds. The maximum atomic E-state index is 4.41. The predicted molar refractivity (Wildman–Crippen MR) is 50.4 cm³/mol. The van der Waals surface area contributed by atoms with Crippen molar-refractivity contribution in [2.45, 2.75) is 40.3 Å². The van der Waals surface area contributed by atoms with Crippen LogP contribution in [0, 0.1) is 11.8 Å². The van der Waals surface area contributed by atoms with Crippen molar-refractivity contribution in [3.05, 3.63) is 0 Å². The number of rotatable bonds is 3. The number of hydrogen-bond acceptors (Lipinski definition) is 3. The molecule has 1 heterocycles. The molecule has 0 aliphatic carbocycles. The van der Waals surface area contributed by atoms with Gasteiger partial charge in [0.1, 0.15) is 0 Å². The summed E-state index contributed by atoms with van der Waals surface area (Å²) in [5.74, 6) is 1.95. The number of azo groups is 1. The van der Waals surface area contributed by atoms with Crippen LogP contribution in [0.2, 0.25) is 0 Å². The van der Waals surface area contributed by atoms with E-state index in [-0.39, 0.29) is 6.17 Å². The van der Waals surface area contributed by atoms with Crippen LogP contribution >= 0.6 is 0 Å². The Bertz CT molecular complexity index is 204. The second-order valence-corrected chi connectivity index (χ2v) is 3.97. The first-order chi connectivity index (χ1) is 5.59. The van der Waals surface area contributed by atoms with E-state index < -0.39 is 0 Å². The van der Waals surface area contributed by atoms with Crippen LogP contribution in [0.1, 0.15) is 34.1 Å². The monoisotopic (exact) mass is 167 g/mol. The Balaban J connectivity index is 2.49. The lowest BCUT2D eigenvalue weighted by Crippen LogP contribution is -2.05. The lowest BCUT2D eigenvalue weighted by Gasteiger charge is -2.04. The summed E-state index contributed by atoms with van der Waals surface area (Å²) in [4.78, 5) is 4.41. The van der Waals surface area contributed by atoms with Gasteiger partial charge in [-0.1, -0.05) is 27.7 Å². The molecule has 1 unspecified atom stereocenters. The standard InChI is InChI=1S/C9H17N3/c1-6(2)5-8-10-9(7(3)4)12-11-8/h6-8H,5H2,1-4H3. The zero-order valence-electron chi connectivity index (χ0n) is 8.28. The minimum absolute atomic E-state index is 0.0994. The van der Waals surface area contributed by atoms with Gasteiger partial charge < -0.3 is 0 Å². The Morgan fingerprint density at radius 2 is 1.92 bits per heavy atom. The predicted octanol–water partition coefficient (Wildman–Crippen LogP) is 2.88. The summed E-state index contributed by atoms with van der Waals surface area (Å²) in [5.41, 5.74) is 0. The van der Waals surface area contributed by atoms with Crippen LogP contribution in [0.3, 0.4) is 0 Å². The van der Waals surface area contributed by atoms with Crippen molar-refractivity contribution < 1.29 is 0 Å². The van der Waals surface area contributed by atoms with Gasteiger partial charge in [0.25, 0.3) is 0 Å². The number of hydrogen-bond donors (Lipinski definition) is 0. The summed E-state index contributed by atoms with van der Waals surface area (Å²) in [6.07, 6.45) is 1.11. The molecule has 0 radical (unpaired) electrons. The molecule has 0 saturated carbocycles. The largest absolute Gasteiger partial charge is 0.239 e. The van der Waals surface area contributed by atoms with Crippen molar-refractivity contribution in [2.75, 3.05) is 0 Å². The summed E-state index contributed by atoms with van der Waals surface area (Å²) < 4.78 is 0. The van der Waals surface area contributed by atoms with Crippen molar-refractivity contribution >= 4 is 5.84 Å². The lowest BCUT2D eigenvalue weighted by molar-refractivity contribution is 0.508. The smallest absolute Gasteiger partial charge is 0.163 e. The molecule has 3 nitrogen and oxygen atoms in total. The number of amidine groups is 1. The zero-order chi connectivity index (χ0) is 9.14. The van der Waals surface area contributed by atoms with E-state index in [2.05, 4.69) is 42.9 Å². The van der Waals surface area contributed by atoms with Crippen LogP contribution in [0.4, 0.5) is 0 Å². The first kappa shape index (κ1) is 9.36. The maximum absolute atomic E-state index is 4.41. The van der Waals surface area contributed by atoms with Gasteiger partial charge in [0, 0.05) is 5.92 Å². The molecule has 1 aliphatic rings. The highest BCUT2D eigenvalue weighted by Crippen LogP contribution is 2.17. The summed E-state index contributed by atoms with van der Waals surface area (Å²) in [7, 11) is 0. The third kappa shape index (κ3) is 2.40. The molecule has 0 saturated heterocycles. The second kappa shape index (κ2) is 3.78. The van der Waals surface area contributed by atoms with Crippen LogP contribution in [0.5, 0.6) is 0 Å². The molecule has 0 aromatic carbocycles. The average Bonchev–Trinajstić information content (AvgIpc) is 2.34. The molecule has 1 atom stereocenters. The highest BCUT2D eigenvalue weighted by molar-refractivity contribution is 5.85. The van der Waals surface area contributed by atoms with Gasteiger partial charge in [0.2, 0.25) is 0 Å². The molecule has 0 spiro atoms. The Morgan fingerprint density at radius 3 is 2.33 bits per heavy atom. The van der Waals surface area contributed by atoms with Gasteiger partial charge in [-0.3, -0.25) is 0 Å². The van der Waals surface area contributed by atoms with E-state index in [4.69, 9.17) is 0 Å². The van der Waals surface area contributed by atoms with E-state index >= 15 is 0 Å². The molecular formula is C9H17N3. The van der Waals surface area contributed by atoms with Crippen molar-refractivity contribution in [3.8, 4) is 0 Å². The molecule has 1 rings (SSSR count). The van der Waals surface area contributed by atoms with E-state index in [1.165, 1.54) is 0 Å². The van der Waals surface area contributed by atoms with Crippen molar-refractivity contribution in [1.29, 1.82) is 0 Å². The Kier molecular flexibility index (Phi) is 2.95. The van der Waals surface area contributed by atoms with Crippen molar-refractivity contribution in [2.24, 2.45) is 27.1 Å². The Hall–Kier alpha value is -0.730. The molecule has 3 heteroatoms. The van der Waals surface area contributed by atoms with E-state index in [1.807, 2.05) is 0 Å². The van der Waals surface area contributed by atoms with Gasteiger partial charge in [0.15, 0.2) is 12.0 Å². The molecule has 0 bridgehead atoms. The highest BCUT2D eigenvalue weighted by Gasteiger charge is 2.16. The van der Waals surface area contributed by atoms with Crippen molar-refractivity contribution in [3.63, 3.8) is 0 Å². The highest BCUT2D eigenvalue weighted by atomic mass is 15.3. The molecule has 68 valence electrons. The summed E-state index contributed by atoms with van der Waals surface area (Å²) in [6, 6.07) is 0. The third-order valence-corrected chi connectivity index (χ3v) is 1.77. The van der Waals surface area contributed by atoms with Crippen LogP contribution in [0.25, 0.3) is 0 Å². The fourth-order valence-corrected chi connectivity index (χ4v) is 1.12. The summed E-state index contributed by atoms with van der Waals surface area (Å²) >= 11 is 0. The molecule has 1 aliphatic heterocycles. The maximum Gasteiger partial charge on any atom is 0.163 e. The molecule has 12 heavy (non-hydrogen) atoms. The van der Waals surface area contributed by atoms with Gasteiger partial charge in [-0.25, -0.2) is 4.99 Å². The topological polar surface area (TPSA) is 37.1 Å². The number of nitrogens with zero attached hydrogens (tertiary/aromatic N) is 3. The number of aliphatic imine (C=N–C) groups is 1. The fraction of sp³-hybridized carbons (Fsp3) is 0.889. The van der Waals surface area contributed by atoms with Gasteiger partial charge in [-0.2, -0.15) is 5.11 Å². The van der Waals surface area contributed by atoms with Crippen molar-refractivity contribution in [1.82, 2.24) is 0 Å². The van der Waals surface area contributed by atoms with Crippen LogP contribution in [0.15, 0.2) is 15.2 Å². The van der Waals surface area contributed by atoms with E-state index in [0.717, 1.165) is 12.3 Å². The molecule has 0 N–H and O–H groups in total. The minimum atomic E-state index is 0.0994. The summed E-state index contributed by atoms with van der Waals surface area (Å²) in [6.45, 7) is 8.54. The molecular weight excluding hydrogens is 150 g/mol. The normalized spacial score (nSPS) is 22.5. The first-order valence-electron chi connectivity index (χ1n) is 4.58. The van der Waals surface area contributed by atoms with E-state index in [0.29, 0.717) is 11.8 Å².